The Morgan fingerprint density at radius 2 is 2.15 bits per heavy atom. The third-order valence-corrected chi connectivity index (χ3v) is 6.37. The van der Waals surface area contributed by atoms with Crippen LogP contribution in [0, 0.1) is 12.3 Å². The maximum Gasteiger partial charge on any atom is 0.312 e. The second kappa shape index (κ2) is 10.9. The number of rotatable bonds is 10. The first kappa shape index (κ1) is 23.0. The largest absolute Gasteiger partial charge is 0.469 e. The molecule has 0 aliphatic rings. The quantitative estimate of drug-likeness (QED) is 0.261. The predicted molar refractivity (Wildman–Crippen MR) is 115 cm³/mol. The first-order valence-corrected chi connectivity index (χ1v) is 10.5. The van der Waals surface area contributed by atoms with Crippen molar-refractivity contribution >= 4 is 36.6 Å². The van der Waals surface area contributed by atoms with Crippen molar-refractivity contribution in [1.82, 2.24) is 0 Å². The molecule has 0 bridgehead atoms. The molecule has 0 aliphatic carbocycles. The van der Waals surface area contributed by atoms with Gasteiger partial charge in [0.25, 0.3) is 0 Å². The lowest BCUT2D eigenvalue weighted by Crippen LogP contribution is -2.31. The fourth-order valence-corrected chi connectivity index (χ4v) is 4.31. The third-order valence-electron chi connectivity index (χ3n) is 4.39. The van der Waals surface area contributed by atoms with Crippen molar-refractivity contribution in [3.8, 4) is 0 Å². The number of ether oxygens (including phenoxy) is 1. The van der Waals surface area contributed by atoms with E-state index in [9.17, 15) is 4.79 Å². The van der Waals surface area contributed by atoms with Crippen LogP contribution in [0.25, 0.3) is 0 Å². The van der Waals surface area contributed by atoms with E-state index in [1.807, 2.05) is 26.7 Å². The Bertz CT molecular complexity index is 634. The summed E-state index contributed by atoms with van der Waals surface area (Å²) in [5.41, 5.74) is 9.56. The van der Waals surface area contributed by atoms with E-state index in [1.165, 1.54) is 7.11 Å². The second-order valence-electron chi connectivity index (χ2n) is 6.99. The normalized spacial score (nSPS) is 13.4. The van der Waals surface area contributed by atoms with Crippen molar-refractivity contribution in [3.05, 3.63) is 46.6 Å². The number of benzene rings is 1. The number of nitrogens with two attached hydrogens (primary N) is 1. The Balaban J connectivity index is 3.11. The zero-order valence-corrected chi connectivity index (χ0v) is 18.0. The molecule has 26 heavy (non-hydrogen) atoms. The molecule has 3 nitrogen and oxygen atoms in total. The summed E-state index contributed by atoms with van der Waals surface area (Å²) in [5.74, 6) is 2.83. The number of aryl methyl sites for hydroxylation is 1. The summed E-state index contributed by atoms with van der Waals surface area (Å²) in [6, 6.07) is 6.22. The zero-order valence-electron chi connectivity index (χ0n) is 16.5. The summed E-state index contributed by atoms with van der Waals surface area (Å²) in [6.07, 6.45) is 2.11. The highest BCUT2D eigenvalue weighted by Gasteiger charge is 2.39. The van der Waals surface area contributed by atoms with Gasteiger partial charge in [0, 0.05) is 22.6 Å². The molecule has 0 saturated heterocycles. The Kier molecular flexibility index (Phi) is 9.66. The van der Waals surface area contributed by atoms with E-state index in [4.69, 9.17) is 22.1 Å². The molecule has 0 fully saturated rings. The molecule has 1 aromatic carbocycles. The summed E-state index contributed by atoms with van der Waals surface area (Å²) in [4.78, 5) is 12.4. The van der Waals surface area contributed by atoms with Gasteiger partial charge < -0.3 is 10.5 Å². The first-order chi connectivity index (χ1) is 12.3. The Hall–Kier alpha value is -1.07. The first-order valence-electron chi connectivity index (χ1n) is 8.91. The summed E-state index contributed by atoms with van der Waals surface area (Å²) in [6.45, 7) is 8.01. The van der Waals surface area contributed by atoms with Crippen molar-refractivity contribution < 1.29 is 9.53 Å². The Morgan fingerprint density at radius 3 is 2.73 bits per heavy atom. The minimum absolute atomic E-state index is 0.0874. The molecule has 0 amide bonds. The summed E-state index contributed by atoms with van der Waals surface area (Å²) >= 11 is 7.74. The molecule has 1 unspecified atom stereocenters. The summed E-state index contributed by atoms with van der Waals surface area (Å²) in [5, 5.41) is -0.0874. The highest BCUT2D eigenvalue weighted by Crippen LogP contribution is 2.45. The molecule has 0 spiro atoms. The van der Waals surface area contributed by atoms with Gasteiger partial charge in [-0.2, -0.15) is 0 Å². The van der Waals surface area contributed by atoms with Gasteiger partial charge in [-0.3, -0.25) is 4.79 Å². The third kappa shape index (κ3) is 6.28. The molecule has 0 aromatic heterocycles. The van der Waals surface area contributed by atoms with Crippen molar-refractivity contribution in [2.24, 2.45) is 11.1 Å². The van der Waals surface area contributed by atoms with Gasteiger partial charge in [-0.05, 0) is 37.5 Å². The molecule has 1 radical (unpaired) electrons. The summed E-state index contributed by atoms with van der Waals surface area (Å²) in [7, 11) is 3.52. The van der Waals surface area contributed by atoms with Crippen molar-refractivity contribution in [1.29, 1.82) is 0 Å². The lowest BCUT2D eigenvalue weighted by Gasteiger charge is -2.32. The van der Waals surface area contributed by atoms with Crippen LogP contribution in [0.2, 0.25) is 6.32 Å². The number of esters is 1. The van der Waals surface area contributed by atoms with Crippen LogP contribution in [0.5, 0.6) is 0 Å². The van der Waals surface area contributed by atoms with Crippen LogP contribution in [-0.2, 0) is 15.4 Å². The number of carbonyl (C=O) groups is 1. The second-order valence-corrected chi connectivity index (χ2v) is 8.35. The average molecular weight is 395 g/mol. The van der Waals surface area contributed by atoms with E-state index in [2.05, 4.69) is 32.4 Å². The maximum absolute atomic E-state index is 12.4. The molecule has 0 heterocycles. The zero-order chi connectivity index (χ0) is 19.7. The fraction of sp³-hybridized carbons (Fsp3) is 0.550. The minimum atomic E-state index is -0.689. The number of hydrogen-bond donors (Lipinski definition) is 1. The van der Waals surface area contributed by atoms with Crippen LogP contribution >= 0.6 is 23.4 Å². The molecule has 0 saturated carbocycles. The summed E-state index contributed by atoms with van der Waals surface area (Å²) < 4.78 is 5.05. The highest BCUT2D eigenvalue weighted by molar-refractivity contribution is 7.99. The van der Waals surface area contributed by atoms with Crippen LogP contribution in [0.1, 0.15) is 49.1 Å². The molecular weight excluding hydrogens is 365 g/mol. The van der Waals surface area contributed by atoms with Crippen molar-refractivity contribution in [2.75, 3.05) is 12.9 Å². The van der Waals surface area contributed by atoms with E-state index in [1.54, 1.807) is 11.8 Å². The fourth-order valence-electron chi connectivity index (χ4n) is 2.72. The number of halogens is 1. The van der Waals surface area contributed by atoms with Gasteiger partial charge in [0.1, 0.15) is 7.28 Å². The molecule has 1 rings (SSSR count). The molecule has 0 aliphatic heterocycles. The predicted octanol–water partition coefficient (Wildman–Crippen LogP) is 5.04. The van der Waals surface area contributed by atoms with Crippen LogP contribution in [-0.4, -0.2) is 26.1 Å². The molecular formula is C20H30BClNO2S. The number of thioether (sulfide) groups is 1. The van der Waals surface area contributed by atoms with Crippen molar-refractivity contribution in [2.45, 2.75) is 51.6 Å². The van der Waals surface area contributed by atoms with Gasteiger partial charge >= 0.3 is 5.97 Å². The molecule has 1 aromatic rings. The van der Waals surface area contributed by atoms with E-state index in [0.717, 1.165) is 35.1 Å². The van der Waals surface area contributed by atoms with E-state index < -0.39 is 5.41 Å². The monoisotopic (exact) mass is 394 g/mol. The van der Waals surface area contributed by atoms with Crippen LogP contribution in [0.15, 0.2) is 29.9 Å². The van der Waals surface area contributed by atoms with E-state index >= 15 is 0 Å². The molecule has 2 N–H and O–H groups in total. The topological polar surface area (TPSA) is 52.3 Å². The molecule has 6 heteroatoms. The molecule has 1 atom stereocenters. The van der Waals surface area contributed by atoms with E-state index in [0.29, 0.717) is 11.6 Å². The number of alkyl halides is 1. The number of carbonyl (C=O) groups excluding carboxylic acids is 1. The van der Waals surface area contributed by atoms with Gasteiger partial charge in [0.2, 0.25) is 0 Å². The van der Waals surface area contributed by atoms with Gasteiger partial charge in [-0.1, -0.05) is 37.9 Å². The Labute approximate surface area is 168 Å². The Morgan fingerprint density at radius 1 is 1.46 bits per heavy atom. The lowest BCUT2D eigenvalue weighted by molar-refractivity contribution is -0.150. The minimum Gasteiger partial charge on any atom is -0.469 e. The standard InChI is InChI=1S/C20H30BClNO2S/c1-6-9-21-11-17(23)13-26-18(20(3,4)19(24)25-5)15-8-7-14(2)16(10-15)12-22/h7-8,10-11,18H,6,9,12-13,23H2,1-5H3/b17-11-. The van der Waals surface area contributed by atoms with Crippen LogP contribution in [0.4, 0.5) is 0 Å². The SMILES string of the molecule is CCC[B]/C=C(\N)CSC(c1ccc(C)c(CCl)c1)C(C)(C)C(=O)OC. The average Bonchev–Trinajstić information content (AvgIpc) is 2.62. The van der Waals surface area contributed by atoms with Crippen LogP contribution in [0.3, 0.4) is 0 Å². The molecule has 143 valence electrons. The lowest BCUT2D eigenvalue weighted by atomic mass is 9.73. The van der Waals surface area contributed by atoms with Gasteiger partial charge in [-0.15, -0.1) is 29.3 Å². The highest BCUT2D eigenvalue weighted by atomic mass is 35.5. The van der Waals surface area contributed by atoms with Crippen molar-refractivity contribution in [3.63, 3.8) is 0 Å². The van der Waals surface area contributed by atoms with Gasteiger partial charge in [0.15, 0.2) is 0 Å². The van der Waals surface area contributed by atoms with Gasteiger partial charge in [0.05, 0.1) is 12.5 Å². The van der Waals surface area contributed by atoms with Crippen LogP contribution < -0.4 is 5.73 Å². The number of methoxy groups -OCH3 is 1. The maximum atomic E-state index is 12.4. The van der Waals surface area contributed by atoms with E-state index in [-0.39, 0.29) is 11.2 Å². The van der Waals surface area contributed by atoms with Gasteiger partial charge in [-0.25, -0.2) is 0 Å². The number of hydrogen-bond acceptors (Lipinski definition) is 4. The smallest absolute Gasteiger partial charge is 0.312 e.